The van der Waals surface area contributed by atoms with Gasteiger partial charge in [-0.3, -0.25) is 0 Å². The Morgan fingerprint density at radius 1 is 1.38 bits per heavy atom. The molecule has 0 unspecified atom stereocenters. The van der Waals surface area contributed by atoms with E-state index in [-0.39, 0.29) is 11.4 Å². The second-order valence-corrected chi connectivity index (χ2v) is 7.35. The fourth-order valence-corrected chi connectivity index (χ4v) is 3.07. The number of rotatable bonds is 9. The van der Waals surface area contributed by atoms with Crippen molar-refractivity contribution < 1.29 is 13.2 Å². The fraction of sp³-hybridized carbons (Fsp3) is 0.571. The Labute approximate surface area is 131 Å². The van der Waals surface area contributed by atoms with Gasteiger partial charge < -0.3 is 10.5 Å². The van der Waals surface area contributed by atoms with Gasteiger partial charge in [-0.2, -0.15) is 0 Å². The molecule has 0 radical (unpaired) electrons. The Bertz CT molecular complexity index is 547. The molecule has 0 spiro atoms. The molecule has 0 aliphatic rings. The van der Waals surface area contributed by atoms with Gasteiger partial charge in [-0.15, -0.1) is 0 Å². The molecule has 5 nitrogen and oxygen atoms in total. The highest BCUT2D eigenvalue weighted by Crippen LogP contribution is 2.20. The lowest BCUT2D eigenvalue weighted by Gasteiger charge is -2.09. The summed E-state index contributed by atoms with van der Waals surface area (Å²) in [5.74, 6) is 0.477. The van der Waals surface area contributed by atoms with Gasteiger partial charge in [-0.25, -0.2) is 13.1 Å². The fourth-order valence-electron chi connectivity index (χ4n) is 1.64. The maximum Gasteiger partial charge on any atom is 0.240 e. The first-order valence-corrected chi connectivity index (χ1v) is 8.79. The molecule has 0 heterocycles. The molecule has 7 heteroatoms. The summed E-state index contributed by atoms with van der Waals surface area (Å²) in [7, 11) is -3.54. The molecule has 0 atom stereocenters. The van der Waals surface area contributed by atoms with Gasteiger partial charge in [-0.1, -0.05) is 31.5 Å². The molecule has 0 aliphatic carbocycles. The van der Waals surface area contributed by atoms with E-state index in [1.54, 1.807) is 6.07 Å². The molecule has 0 amide bonds. The zero-order valence-corrected chi connectivity index (χ0v) is 14.0. The summed E-state index contributed by atoms with van der Waals surface area (Å²) >= 11 is 5.98. The minimum Gasteiger partial charge on any atom is -0.381 e. The van der Waals surface area contributed by atoms with Crippen molar-refractivity contribution in [2.24, 2.45) is 11.7 Å². The van der Waals surface area contributed by atoms with Crippen LogP contribution in [-0.4, -0.2) is 28.2 Å². The van der Waals surface area contributed by atoms with Crippen LogP contribution in [0.4, 0.5) is 0 Å². The number of hydrogen-bond donors (Lipinski definition) is 2. The largest absolute Gasteiger partial charge is 0.381 e. The Balaban J connectivity index is 2.48. The van der Waals surface area contributed by atoms with Crippen LogP contribution in [0.15, 0.2) is 23.1 Å². The zero-order chi connectivity index (χ0) is 15.9. The summed E-state index contributed by atoms with van der Waals surface area (Å²) in [6.07, 6.45) is 0.626. The van der Waals surface area contributed by atoms with E-state index in [2.05, 4.69) is 18.6 Å². The summed E-state index contributed by atoms with van der Waals surface area (Å²) in [5.41, 5.74) is 6.21. The molecule has 0 saturated carbocycles. The molecule has 21 heavy (non-hydrogen) atoms. The summed E-state index contributed by atoms with van der Waals surface area (Å²) in [4.78, 5) is 0.146. The molecular formula is C14H23ClN2O3S. The van der Waals surface area contributed by atoms with E-state index in [0.29, 0.717) is 37.1 Å². The lowest BCUT2D eigenvalue weighted by atomic mass is 10.2. The van der Waals surface area contributed by atoms with Crippen LogP contribution in [0, 0.1) is 5.92 Å². The van der Waals surface area contributed by atoms with Gasteiger partial charge >= 0.3 is 0 Å². The van der Waals surface area contributed by atoms with Crippen LogP contribution < -0.4 is 10.5 Å². The minimum absolute atomic E-state index is 0.146. The van der Waals surface area contributed by atoms with Gasteiger partial charge in [0.05, 0.1) is 4.90 Å². The van der Waals surface area contributed by atoms with Crippen molar-refractivity contribution in [1.29, 1.82) is 0 Å². The van der Waals surface area contributed by atoms with Crippen molar-refractivity contribution in [3.63, 3.8) is 0 Å². The first kappa shape index (κ1) is 18.4. The Morgan fingerprint density at radius 2 is 2.10 bits per heavy atom. The topological polar surface area (TPSA) is 81.4 Å². The lowest BCUT2D eigenvalue weighted by molar-refractivity contribution is 0.108. The van der Waals surface area contributed by atoms with Crippen molar-refractivity contribution in [1.82, 2.24) is 4.72 Å². The van der Waals surface area contributed by atoms with Gasteiger partial charge in [0.1, 0.15) is 0 Å². The first-order chi connectivity index (χ1) is 9.86. The Morgan fingerprint density at radius 3 is 2.67 bits per heavy atom. The number of sulfonamides is 1. The predicted octanol–water partition coefficient (Wildman–Crippen LogP) is 2.14. The predicted molar refractivity (Wildman–Crippen MR) is 84.8 cm³/mol. The highest BCUT2D eigenvalue weighted by atomic mass is 35.5. The number of nitrogens with two attached hydrogens (primary N) is 1. The molecule has 1 aromatic carbocycles. The van der Waals surface area contributed by atoms with Gasteiger partial charge in [0, 0.05) is 31.3 Å². The number of ether oxygens (including phenoxy) is 1. The van der Waals surface area contributed by atoms with Crippen LogP contribution in [0.25, 0.3) is 0 Å². The summed E-state index contributed by atoms with van der Waals surface area (Å²) in [6.45, 7) is 5.96. The molecule has 0 bridgehead atoms. The van der Waals surface area contributed by atoms with Crippen molar-refractivity contribution in [3.8, 4) is 0 Å². The average Bonchev–Trinajstić information content (AvgIpc) is 2.42. The quantitative estimate of drug-likeness (QED) is 0.678. The number of hydrogen-bond acceptors (Lipinski definition) is 4. The van der Waals surface area contributed by atoms with E-state index in [1.165, 1.54) is 12.1 Å². The van der Waals surface area contributed by atoms with Crippen LogP contribution in [-0.2, 0) is 21.3 Å². The van der Waals surface area contributed by atoms with Crippen LogP contribution in [0.5, 0.6) is 0 Å². The smallest absolute Gasteiger partial charge is 0.240 e. The molecule has 0 aromatic heterocycles. The molecule has 3 N–H and O–H groups in total. The second kappa shape index (κ2) is 8.70. The van der Waals surface area contributed by atoms with E-state index in [1.807, 2.05) is 0 Å². The lowest BCUT2D eigenvalue weighted by Crippen LogP contribution is -2.25. The van der Waals surface area contributed by atoms with Crippen molar-refractivity contribution >= 4 is 21.6 Å². The molecule has 0 fully saturated rings. The van der Waals surface area contributed by atoms with Crippen molar-refractivity contribution in [3.05, 3.63) is 28.8 Å². The van der Waals surface area contributed by atoms with Crippen molar-refractivity contribution in [2.75, 3.05) is 19.8 Å². The van der Waals surface area contributed by atoms with Crippen molar-refractivity contribution in [2.45, 2.75) is 31.7 Å². The standard InChI is InChI=1S/C14H23ClN2O3S/c1-11(2)10-20-7-3-6-17-21(18,19)13-5-4-12(9-16)14(15)8-13/h4-5,8,11,17H,3,6-7,9-10,16H2,1-2H3. The Kier molecular flexibility index (Phi) is 7.62. The molecular weight excluding hydrogens is 312 g/mol. The van der Waals surface area contributed by atoms with E-state index in [4.69, 9.17) is 22.1 Å². The van der Waals surface area contributed by atoms with Gasteiger partial charge in [0.25, 0.3) is 0 Å². The van der Waals surface area contributed by atoms with Gasteiger partial charge in [0.2, 0.25) is 10.0 Å². The van der Waals surface area contributed by atoms with Crippen LogP contribution in [0.3, 0.4) is 0 Å². The third-order valence-electron chi connectivity index (χ3n) is 2.76. The molecule has 1 aromatic rings. The molecule has 0 saturated heterocycles. The third kappa shape index (κ3) is 6.32. The van der Waals surface area contributed by atoms with Gasteiger partial charge in [0.15, 0.2) is 0 Å². The first-order valence-electron chi connectivity index (χ1n) is 6.92. The summed E-state index contributed by atoms with van der Waals surface area (Å²) in [5, 5.41) is 0.362. The average molecular weight is 335 g/mol. The molecule has 1 rings (SSSR count). The molecule has 0 aliphatic heterocycles. The second-order valence-electron chi connectivity index (χ2n) is 5.18. The SMILES string of the molecule is CC(C)COCCCNS(=O)(=O)c1ccc(CN)c(Cl)c1. The van der Waals surface area contributed by atoms with Crippen LogP contribution in [0.2, 0.25) is 5.02 Å². The van der Waals surface area contributed by atoms with E-state index in [9.17, 15) is 8.42 Å². The van der Waals surface area contributed by atoms with E-state index >= 15 is 0 Å². The zero-order valence-electron chi connectivity index (χ0n) is 12.4. The summed E-state index contributed by atoms with van der Waals surface area (Å²) < 4.78 is 32.1. The Hall–Kier alpha value is -0.660. The third-order valence-corrected chi connectivity index (χ3v) is 4.57. The van der Waals surface area contributed by atoms with E-state index < -0.39 is 10.0 Å². The van der Waals surface area contributed by atoms with Crippen LogP contribution >= 0.6 is 11.6 Å². The highest BCUT2D eigenvalue weighted by Gasteiger charge is 2.14. The maximum absolute atomic E-state index is 12.1. The monoisotopic (exact) mass is 334 g/mol. The minimum atomic E-state index is -3.54. The molecule has 120 valence electrons. The number of halogens is 1. The highest BCUT2D eigenvalue weighted by molar-refractivity contribution is 7.89. The van der Waals surface area contributed by atoms with E-state index in [0.717, 1.165) is 5.56 Å². The normalized spacial score (nSPS) is 12.0. The van der Waals surface area contributed by atoms with Crippen LogP contribution in [0.1, 0.15) is 25.8 Å². The number of nitrogens with one attached hydrogen (secondary N) is 1. The maximum atomic E-state index is 12.1. The van der Waals surface area contributed by atoms with Gasteiger partial charge in [-0.05, 0) is 30.0 Å². The number of benzene rings is 1. The summed E-state index contributed by atoms with van der Waals surface area (Å²) in [6, 6.07) is 4.55.